The van der Waals surface area contributed by atoms with Crippen LogP contribution in [0.4, 0.5) is 0 Å². The lowest BCUT2D eigenvalue weighted by Crippen LogP contribution is -2.57. The molecule has 0 spiro atoms. The fourth-order valence-corrected chi connectivity index (χ4v) is 4.30. The molecule has 2 fully saturated rings. The van der Waals surface area contributed by atoms with Gasteiger partial charge in [-0.15, -0.1) is 0 Å². The summed E-state index contributed by atoms with van der Waals surface area (Å²) in [4.78, 5) is 5.26. The van der Waals surface area contributed by atoms with Crippen molar-refractivity contribution in [3.05, 3.63) is 42.0 Å². The predicted molar refractivity (Wildman–Crippen MR) is 101 cm³/mol. The molecule has 3 heteroatoms. The van der Waals surface area contributed by atoms with Gasteiger partial charge in [0.05, 0.1) is 0 Å². The summed E-state index contributed by atoms with van der Waals surface area (Å²) >= 11 is 0. The van der Waals surface area contributed by atoms with Gasteiger partial charge in [-0.3, -0.25) is 9.80 Å². The molecule has 0 bridgehead atoms. The molecule has 0 aromatic heterocycles. The van der Waals surface area contributed by atoms with Crippen LogP contribution in [0.5, 0.6) is 0 Å². The average molecular weight is 329 g/mol. The Morgan fingerprint density at radius 3 is 2.58 bits per heavy atom. The molecule has 1 aliphatic carbocycles. The van der Waals surface area contributed by atoms with Crippen LogP contribution < -0.4 is 0 Å². The molecule has 3 nitrogen and oxygen atoms in total. The smallest absolute Gasteiger partial charge is 0.0446 e. The zero-order chi connectivity index (χ0) is 16.6. The van der Waals surface area contributed by atoms with E-state index in [0.29, 0.717) is 12.6 Å². The third-order valence-electron chi connectivity index (χ3n) is 5.59. The average Bonchev–Trinajstić information content (AvgIpc) is 2.64. The van der Waals surface area contributed by atoms with Crippen molar-refractivity contribution in [2.24, 2.45) is 0 Å². The van der Waals surface area contributed by atoms with Gasteiger partial charge < -0.3 is 5.11 Å². The van der Waals surface area contributed by atoms with Crippen molar-refractivity contribution in [1.29, 1.82) is 0 Å². The Hall–Kier alpha value is -1.16. The van der Waals surface area contributed by atoms with E-state index in [1.165, 1.54) is 37.7 Å². The summed E-state index contributed by atoms with van der Waals surface area (Å²) in [6, 6.07) is 11.8. The molecule has 1 aliphatic heterocycles. The Balaban J connectivity index is 1.53. The summed E-state index contributed by atoms with van der Waals surface area (Å²) in [5.74, 6) is 0. The Kier molecular flexibility index (Phi) is 6.88. The first kappa shape index (κ1) is 17.7. The number of rotatable bonds is 6. The van der Waals surface area contributed by atoms with Gasteiger partial charge in [0.25, 0.3) is 0 Å². The molecule has 132 valence electrons. The Morgan fingerprint density at radius 2 is 1.83 bits per heavy atom. The van der Waals surface area contributed by atoms with E-state index >= 15 is 0 Å². The number of aliphatic hydroxyl groups excluding tert-OH is 1. The second-order valence-corrected chi connectivity index (χ2v) is 7.27. The monoisotopic (exact) mass is 328 g/mol. The predicted octanol–water partition coefficient (Wildman–Crippen LogP) is 3.40. The van der Waals surface area contributed by atoms with Crippen molar-refractivity contribution in [3.8, 4) is 0 Å². The maximum Gasteiger partial charge on any atom is 0.0446 e. The highest BCUT2D eigenvalue weighted by atomic mass is 16.3. The van der Waals surface area contributed by atoms with E-state index in [1.54, 1.807) is 0 Å². The first-order chi connectivity index (χ1) is 11.9. The lowest BCUT2D eigenvalue weighted by molar-refractivity contribution is 0.0206. The zero-order valence-electron chi connectivity index (χ0n) is 14.8. The Bertz CT molecular complexity index is 496. The van der Waals surface area contributed by atoms with E-state index in [1.807, 2.05) is 0 Å². The summed E-state index contributed by atoms with van der Waals surface area (Å²) in [5.41, 5.74) is 1.27. The van der Waals surface area contributed by atoms with Crippen LogP contribution in [-0.4, -0.2) is 59.8 Å². The van der Waals surface area contributed by atoms with E-state index in [-0.39, 0.29) is 0 Å². The summed E-state index contributed by atoms with van der Waals surface area (Å²) in [7, 11) is 0. The van der Waals surface area contributed by atoms with Crippen LogP contribution in [0.3, 0.4) is 0 Å². The molecule has 3 rings (SSSR count). The van der Waals surface area contributed by atoms with Crippen LogP contribution in [0.2, 0.25) is 0 Å². The fourth-order valence-electron chi connectivity index (χ4n) is 4.30. The zero-order valence-corrected chi connectivity index (χ0v) is 14.8. The van der Waals surface area contributed by atoms with Crippen LogP contribution in [0.15, 0.2) is 36.4 Å². The van der Waals surface area contributed by atoms with Crippen molar-refractivity contribution in [3.63, 3.8) is 0 Å². The van der Waals surface area contributed by atoms with Gasteiger partial charge in [-0.25, -0.2) is 0 Å². The second-order valence-electron chi connectivity index (χ2n) is 7.27. The van der Waals surface area contributed by atoms with Crippen molar-refractivity contribution in [1.82, 2.24) is 9.80 Å². The van der Waals surface area contributed by atoms with Gasteiger partial charge in [-0.05, 0) is 24.8 Å². The van der Waals surface area contributed by atoms with Gasteiger partial charge in [0.1, 0.15) is 0 Å². The van der Waals surface area contributed by atoms with Crippen molar-refractivity contribution in [2.45, 2.75) is 50.6 Å². The third kappa shape index (κ3) is 4.92. The minimum atomic E-state index is 0.307. The Labute approximate surface area is 147 Å². The largest absolute Gasteiger partial charge is 0.396 e. The summed E-state index contributed by atoms with van der Waals surface area (Å²) in [5, 5.41) is 9.49. The third-order valence-corrected chi connectivity index (χ3v) is 5.59. The van der Waals surface area contributed by atoms with Gasteiger partial charge >= 0.3 is 0 Å². The van der Waals surface area contributed by atoms with E-state index in [0.717, 1.165) is 38.6 Å². The van der Waals surface area contributed by atoms with Crippen LogP contribution in [-0.2, 0) is 0 Å². The van der Waals surface area contributed by atoms with Crippen LogP contribution >= 0.6 is 0 Å². The molecular formula is C21H32N2O. The number of benzene rings is 1. The minimum absolute atomic E-state index is 0.307. The van der Waals surface area contributed by atoms with E-state index in [2.05, 4.69) is 52.3 Å². The summed E-state index contributed by atoms with van der Waals surface area (Å²) in [6.45, 7) is 4.72. The first-order valence-corrected chi connectivity index (χ1v) is 9.67. The van der Waals surface area contributed by atoms with Crippen molar-refractivity contribution < 1.29 is 5.11 Å². The van der Waals surface area contributed by atoms with Crippen molar-refractivity contribution in [2.75, 3.05) is 32.8 Å². The van der Waals surface area contributed by atoms with Crippen LogP contribution in [0.1, 0.15) is 44.1 Å². The number of piperazine rings is 1. The highest BCUT2D eigenvalue weighted by molar-refractivity contribution is 5.48. The molecule has 1 atom stereocenters. The maximum atomic E-state index is 9.49. The van der Waals surface area contributed by atoms with Gasteiger partial charge in [-0.2, -0.15) is 0 Å². The standard InChI is InChI=1S/C21H32N2O/c24-17-13-21-18-22(14-7-10-19-8-3-1-4-9-19)15-16-23(21)20-11-5-2-6-12-20/h1,3-4,7-10,20-21,24H,2,5-6,11-18H2/b10-7+/t21-/m0/s1. The lowest BCUT2D eigenvalue weighted by atomic mass is 9.92. The number of hydrogen-bond donors (Lipinski definition) is 1. The molecule has 24 heavy (non-hydrogen) atoms. The SMILES string of the molecule is OCC[C@H]1CN(C/C=C/c2ccccc2)CCN1C1CCCCC1. The summed E-state index contributed by atoms with van der Waals surface area (Å²) in [6.07, 6.45) is 12.3. The molecule has 1 heterocycles. The first-order valence-electron chi connectivity index (χ1n) is 9.67. The molecule has 1 N–H and O–H groups in total. The fraction of sp³-hybridized carbons (Fsp3) is 0.619. The maximum absolute atomic E-state index is 9.49. The van der Waals surface area contributed by atoms with Gasteiger partial charge in [-0.1, -0.05) is 61.7 Å². The van der Waals surface area contributed by atoms with Gasteiger partial charge in [0.2, 0.25) is 0 Å². The summed E-state index contributed by atoms with van der Waals surface area (Å²) < 4.78 is 0. The van der Waals surface area contributed by atoms with Crippen LogP contribution in [0.25, 0.3) is 6.08 Å². The molecule has 0 amide bonds. The van der Waals surface area contributed by atoms with E-state index < -0.39 is 0 Å². The van der Waals surface area contributed by atoms with E-state index in [9.17, 15) is 5.11 Å². The molecular weight excluding hydrogens is 296 g/mol. The minimum Gasteiger partial charge on any atom is -0.396 e. The highest BCUT2D eigenvalue weighted by Crippen LogP contribution is 2.27. The highest BCUT2D eigenvalue weighted by Gasteiger charge is 2.31. The van der Waals surface area contributed by atoms with Gasteiger partial charge in [0.15, 0.2) is 0 Å². The molecule has 0 unspecified atom stereocenters. The molecule has 1 saturated heterocycles. The molecule has 1 aromatic carbocycles. The lowest BCUT2D eigenvalue weighted by Gasteiger charge is -2.46. The molecule has 1 saturated carbocycles. The quantitative estimate of drug-likeness (QED) is 0.867. The Morgan fingerprint density at radius 1 is 1.04 bits per heavy atom. The number of nitrogens with zero attached hydrogens (tertiary/aromatic N) is 2. The number of aliphatic hydroxyl groups is 1. The van der Waals surface area contributed by atoms with Crippen LogP contribution in [0, 0.1) is 0 Å². The normalized spacial score (nSPS) is 24.6. The topological polar surface area (TPSA) is 26.7 Å². The molecule has 2 aliphatic rings. The van der Waals surface area contributed by atoms with E-state index in [4.69, 9.17) is 0 Å². The molecule has 0 radical (unpaired) electrons. The molecule has 1 aromatic rings. The number of hydrogen-bond acceptors (Lipinski definition) is 3. The van der Waals surface area contributed by atoms with Crippen molar-refractivity contribution >= 4 is 6.08 Å². The second kappa shape index (κ2) is 9.36. The van der Waals surface area contributed by atoms with Gasteiger partial charge in [0, 0.05) is 44.9 Å².